The highest BCUT2D eigenvalue weighted by atomic mass is 16.7. The van der Waals surface area contributed by atoms with E-state index in [2.05, 4.69) is 4.74 Å². The normalized spacial score (nSPS) is 31.2. The molecule has 0 bridgehead atoms. The van der Waals surface area contributed by atoms with Gasteiger partial charge < -0.3 is 14.6 Å². The number of ether oxygens (including phenoxy) is 2. The predicted molar refractivity (Wildman–Crippen MR) is 32.0 cm³/mol. The third-order valence-electron chi connectivity index (χ3n) is 1.21. The maximum Gasteiger partial charge on any atom is 0.229 e. The number of aliphatic hydroxyl groups is 1. The lowest BCUT2D eigenvalue weighted by atomic mass is 10.3. The number of aldehydes is 1. The fraction of sp³-hybridized carbons (Fsp3) is 0.500. The van der Waals surface area contributed by atoms with Crippen LogP contribution in [0.3, 0.4) is 0 Å². The van der Waals surface area contributed by atoms with Crippen molar-refractivity contribution < 1.29 is 19.4 Å². The molecule has 56 valence electrons. The van der Waals surface area contributed by atoms with Crippen LogP contribution in [-0.4, -0.2) is 30.9 Å². The molecule has 1 aliphatic rings. The molecule has 0 spiro atoms. The molecule has 0 unspecified atom stereocenters. The second-order valence-corrected chi connectivity index (χ2v) is 1.90. The molecular weight excluding hydrogens is 136 g/mol. The molecule has 4 nitrogen and oxygen atoms in total. The lowest BCUT2D eigenvalue weighted by Crippen LogP contribution is -2.23. The Morgan fingerprint density at radius 3 is 2.90 bits per heavy atom. The van der Waals surface area contributed by atoms with Crippen molar-refractivity contribution in [3.05, 3.63) is 11.8 Å². The van der Waals surface area contributed by atoms with Gasteiger partial charge in [0.2, 0.25) is 6.29 Å². The van der Waals surface area contributed by atoms with Crippen LogP contribution < -0.4 is 0 Å². The van der Waals surface area contributed by atoms with Gasteiger partial charge in [-0.1, -0.05) is 0 Å². The van der Waals surface area contributed by atoms with Gasteiger partial charge in [-0.2, -0.15) is 0 Å². The van der Waals surface area contributed by atoms with Gasteiger partial charge in [-0.3, -0.25) is 4.79 Å². The molecule has 0 aromatic heterocycles. The van der Waals surface area contributed by atoms with E-state index in [9.17, 15) is 4.79 Å². The van der Waals surface area contributed by atoms with Crippen molar-refractivity contribution in [3.8, 4) is 0 Å². The van der Waals surface area contributed by atoms with Crippen molar-refractivity contribution in [1.82, 2.24) is 0 Å². The van der Waals surface area contributed by atoms with Crippen LogP contribution in [0.15, 0.2) is 11.8 Å². The number of carbonyl (C=O) groups is 1. The van der Waals surface area contributed by atoms with Crippen molar-refractivity contribution in [3.63, 3.8) is 0 Å². The van der Waals surface area contributed by atoms with Crippen LogP contribution in [0, 0.1) is 0 Å². The van der Waals surface area contributed by atoms with Gasteiger partial charge in [-0.05, 0) is 6.08 Å². The molecule has 2 atom stereocenters. The van der Waals surface area contributed by atoms with Crippen LogP contribution >= 0.6 is 0 Å². The summed E-state index contributed by atoms with van der Waals surface area (Å²) in [6.07, 6.45) is 0.286. The van der Waals surface area contributed by atoms with E-state index < -0.39 is 12.4 Å². The number of aliphatic hydroxyl groups excluding tert-OH is 1. The van der Waals surface area contributed by atoms with Crippen molar-refractivity contribution in [2.75, 3.05) is 7.11 Å². The van der Waals surface area contributed by atoms with Gasteiger partial charge >= 0.3 is 0 Å². The average molecular weight is 144 g/mol. The van der Waals surface area contributed by atoms with Crippen LogP contribution in [-0.2, 0) is 14.3 Å². The second kappa shape index (κ2) is 2.81. The van der Waals surface area contributed by atoms with E-state index in [1.54, 1.807) is 0 Å². The fourth-order valence-electron chi connectivity index (χ4n) is 0.745. The second-order valence-electron chi connectivity index (χ2n) is 1.90. The zero-order valence-electron chi connectivity index (χ0n) is 5.48. The summed E-state index contributed by atoms with van der Waals surface area (Å²) in [6, 6.07) is 0. The van der Waals surface area contributed by atoms with E-state index in [0.29, 0.717) is 6.29 Å². The fourth-order valence-corrected chi connectivity index (χ4v) is 0.745. The maximum absolute atomic E-state index is 10.1. The number of rotatable bonds is 2. The molecule has 0 fully saturated rings. The summed E-state index contributed by atoms with van der Waals surface area (Å²) in [5.41, 5.74) is 0. The van der Waals surface area contributed by atoms with E-state index in [4.69, 9.17) is 9.84 Å². The summed E-state index contributed by atoms with van der Waals surface area (Å²) in [4.78, 5) is 10.1. The van der Waals surface area contributed by atoms with Crippen LogP contribution in [0.5, 0.6) is 0 Å². The minimum absolute atomic E-state index is 0.124. The molecule has 0 saturated carbocycles. The molecule has 1 N–H and O–H groups in total. The minimum Gasteiger partial charge on any atom is -0.459 e. The largest absolute Gasteiger partial charge is 0.459 e. The van der Waals surface area contributed by atoms with Gasteiger partial charge in [0.25, 0.3) is 0 Å². The van der Waals surface area contributed by atoms with Gasteiger partial charge in [0.05, 0.1) is 0 Å². The third-order valence-corrected chi connectivity index (χ3v) is 1.21. The molecule has 0 saturated heterocycles. The standard InChI is InChI=1S/C6H8O4/c1-9-6-5(8)2-4(3-7)10-6/h2-3,5-6,8H,1H3/t5-,6-/m1/s1. The molecule has 4 heteroatoms. The molecule has 0 aromatic carbocycles. The Bertz CT molecular complexity index is 163. The third kappa shape index (κ3) is 1.17. The first-order valence-electron chi connectivity index (χ1n) is 2.82. The maximum atomic E-state index is 10.1. The zero-order valence-corrected chi connectivity index (χ0v) is 5.48. The summed E-state index contributed by atoms with van der Waals surface area (Å²) >= 11 is 0. The highest BCUT2D eigenvalue weighted by Gasteiger charge is 2.26. The first-order chi connectivity index (χ1) is 4.77. The highest BCUT2D eigenvalue weighted by molar-refractivity contribution is 5.71. The van der Waals surface area contributed by atoms with Crippen LogP contribution in [0.1, 0.15) is 0 Å². The molecule has 1 aliphatic heterocycles. The molecule has 0 amide bonds. The summed E-state index contributed by atoms with van der Waals surface area (Å²) < 4.78 is 9.47. The van der Waals surface area contributed by atoms with E-state index in [0.717, 1.165) is 0 Å². The first-order valence-corrected chi connectivity index (χ1v) is 2.82. The number of allylic oxidation sites excluding steroid dienone is 1. The lowest BCUT2D eigenvalue weighted by molar-refractivity contribution is -0.133. The van der Waals surface area contributed by atoms with Gasteiger partial charge in [-0.25, -0.2) is 0 Å². The van der Waals surface area contributed by atoms with E-state index in [1.165, 1.54) is 13.2 Å². The van der Waals surface area contributed by atoms with Crippen molar-refractivity contribution in [1.29, 1.82) is 0 Å². The van der Waals surface area contributed by atoms with Crippen LogP contribution in [0.2, 0.25) is 0 Å². The minimum atomic E-state index is -0.829. The smallest absolute Gasteiger partial charge is 0.229 e. The van der Waals surface area contributed by atoms with Crippen LogP contribution in [0.4, 0.5) is 0 Å². The number of methoxy groups -OCH3 is 1. The van der Waals surface area contributed by atoms with Gasteiger partial charge in [-0.15, -0.1) is 0 Å². The Morgan fingerprint density at radius 2 is 2.60 bits per heavy atom. The quantitative estimate of drug-likeness (QED) is 0.527. The number of hydrogen-bond acceptors (Lipinski definition) is 4. The molecule has 0 aromatic rings. The highest BCUT2D eigenvalue weighted by Crippen LogP contribution is 2.15. The topological polar surface area (TPSA) is 55.8 Å². The molecule has 1 rings (SSSR count). The van der Waals surface area contributed by atoms with Crippen molar-refractivity contribution >= 4 is 6.29 Å². The first kappa shape index (κ1) is 7.24. The Hall–Kier alpha value is -0.870. The van der Waals surface area contributed by atoms with Gasteiger partial charge in [0.1, 0.15) is 6.10 Å². The van der Waals surface area contributed by atoms with Crippen LogP contribution in [0.25, 0.3) is 0 Å². The summed E-state index contributed by atoms with van der Waals surface area (Å²) in [6.45, 7) is 0. The molecule has 0 aliphatic carbocycles. The molecule has 1 heterocycles. The molecule has 0 radical (unpaired) electrons. The molecule has 10 heavy (non-hydrogen) atoms. The van der Waals surface area contributed by atoms with E-state index in [1.807, 2.05) is 0 Å². The number of hydrogen-bond donors (Lipinski definition) is 1. The SMILES string of the molecule is CO[C@@H]1OC(C=O)=C[C@H]1O. The molecular formula is C6H8O4. The van der Waals surface area contributed by atoms with E-state index >= 15 is 0 Å². The monoisotopic (exact) mass is 144 g/mol. The summed E-state index contributed by atoms with van der Waals surface area (Å²) in [5, 5.41) is 9.01. The summed E-state index contributed by atoms with van der Waals surface area (Å²) in [7, 11) is 1.40. The number of carbonyl (C=O) groups excluding carboxylic acids is 1. The Labute approximate surface area is 58.1 Å². The predicted octanol–water partition coefficient (Wildman–Crippen LogP) is -0.567. The van der Waals surface area contributed by atoms with Crippen molar-refractivity contribution in [2.45, 2.75) is 12.4 Å². The van der Waals surface area contributed by atoms with Crippen molar-refractivity contribution in [2.24, 2.45) is 0 Å². The average Bonchev–Trinajstić information content (AvgIpc) is 2.30. The summed E-state index contributed by atoms with van der Waals surface area (Å²) in [5.74, 6) is 0.124. The zero-order chi connectivity index (χ0) is 7.56. The van der Waals surface area contributed by atoms with E-state index in [-0.39, 0.29) is 5.76 Å². The Balaban J connectivity index is 2.56. The Morgan fingerprint density at radius 1 is 1.90 bits per heavy atom. The van der Waals surface area contributed by atoms with Gasteiger partial charge in [0, 0.05) is 7.11 Å². The lowest BCUT2D eigenvalue weighted by Gasteiger charge is -2.11. The Kier molecular flexibility index (Phi) is 2.03. The van der Waals surface area contributed by atoms with Gasteiger partial charge in [0.15, 0.2) is 12.0 Å².